The number of carbonyl (C=O) groups is 2. The molecule has 0 aromatic heterocycles. The molecule has 0 aliphatic rings. The number of hydrogen-bond acceptors (Lipinski definition) is 3. The van der Waals surface area contributed by atoms with Gasteiger partial charge in [0, 0.05) is 21.6 Å². The summed E-state index contributed by atoms with van der Waals surface area (Å²) in [6, 6.07) is 4.57. The van der Waals surface area contributed by atoms with Crippen LogP contribution in [0.5, 0.6) is 0 Å². The Morgan fingerprint density at radius 2 is 2.00 bits per heavy atom. The highest BCUT2D eigenvalue weighted by Crippen LogP contribution is 2.21. The fourth-order valence-electron chi connectivity index (χ4n) is 1.07. The van der Waals surface area contributed by atoms with Gasteiger partial charge in [-0.25, -0.2) is 0 Å². The average molecular weight is 285 g/mol. The lowest BCUT2D eigenvalue weighted by molar-refractivity contribution is -0.254. The number of halogens is 1. The van der Waals surface area contributed by atoms with Gasteiger partial charge in [-0.2, -0.15) is 0 Å². The molecule has 0 spiro atoms. The number of benzene rings is 1. The summed E-state index contributed by atoms with van der Waals surface area (Å²) in [5.41, 5.74) is 0.213. The van der Waals surface area contributed by atoms with Crippen molar-refractivity contribution in [1.29, 1.82) is 0 Å². The van der Waals surface area contributed by atoms with E-state index in [0.717, 1.165) is 0 Å². The molecule has 0 heterocycles. The van der Waals surface area contributed by atoms with Gasteiger partial charge in [0.2, 0.25) is 5.91 Å². The van der Waals surface area contributed by atoms with Gasteiger partial charge in [-0.05, 0) is 18.2 Å². The van der Waals surface area contributed by atoms with E-state index in [9.17, 15) is 14.7 Å². The Bertz CT molecular complexity index is 429. The maximum absolute atomic E-state index is 11.4. The number of rotatable bonds is 3. The van der Waals surface area contributed by atoms with E-state index in [1.165, 1.54) is 12.1 Å². The number of carbonyl (C=O) groups excluding carboxylic acids is 2. The third-order valence-corrected chi connectivity index (χ3v) is 2.48. The van der Waals surface area contributed by atoms with E-state index in [0.29, 0.717) is 4.47 Å². The average Bonchev–Trinajstić information content (AvgIpc) is 2.20. The van der Waals surface area contributed by atoms with Crippen molar-refractivity contribution < 1.29 is 14.7 Å². The molecule has 1 rings (SSSR count). The third kappa shape index (κ3) is 3.06. The molecule has 0 atom stereocenters. The summed E-state index contributed by atoms with van der Waals surface area (Å²) in [5, 5.41) is 13.4. The summed E-state index contributed by atoms with van der Waals surface area (Å²) in [7, 11) is 0. The molecule has 1 amide bonds. The fraction of sp³-hybridized carbons (Fsp3) is 0.273. The molecule has 0 saturated carbocycles. The first-order chi connectivity index (χ1) is 7.41. The second-order valence-electron chi connectivity index (χ2n) is 3.62. The molecule has 1 aromatic rings. The minimum atomic E-state index is -1.32. The first kappa shape index (κ1) is 12.7. The molecule has 5 heteroatoms. The van der Waals surface area contributed by atoms with E-state index in [1.807, 2.05) is 0 Å². The number of aromatic carboxylic acids is 1. The van der Waals surface area contributed by atoms with Crippen molar-refractivity contribution in [3.05, 3.63) is 28.2 Å². The zero-order chi connectivity index (χ0) is 12.3. The predicted molar refractivity (Wildman–Crippen MR) is 61.9 cm³/mol. The molecular weight excluding hydrogens is 274 g/mol. The molecule has 0 radical (unpaired) electrons. The monoisotopic (exact) mass is 284 g/mol. The van der Waals surface area contributed by atoms with E-state index in [1.54, 1.807) is 19.9 Å². The van der Waals surface area contributed by atoms with E-state index >= 15 is 0 Å². The van der Waals surface area contributed by atoms with Crippen LogP contribution in [0.1, 0.15) is 24.2 Å². The Morgan fingerprint density at radius 3 is 2.50 bits per heavy atom. The smallest absolute Gasteiger partial charge is 0.226 e. The molecule has 0 bridgehead atoms. The van der Waals surface area contributed by atoms with Crippen LogP contribution in [0.2, 0.25) is 0 Å². The SMILES string of the molecule is CC(C)C(=O)Nc1ccc(Br)cc1C(=O)[O-]. The van der Waals surface area contributed by atoms with Crippen molar-refractivity contribution in [2.24, 2.45) is 5.92 Å². The van der Waals surface area contributed by atoms with Crippen LogP contribution in [0.15, 0.2) is 22.7 Å². The van der Waals surface area contributed by atoms with Gasteiger partial charge in [0.05, 0.1) is 5.97 Å². The molecule has 86 valence electrons. The van der Waals surface area contributed by atoms with Crippen LogP contribution in [-0.4, -0.2) is 11.9 Å². The van der Waals surface area contributed by atoms with Crippen LogP contribution in [0.25, 0.3) is 0 Å². The van der Waals surface area contributed by atoms with Gasteiger partial charge in [0.25, 0.3) is 0 Å². The molecule has 4 nitrogen and oxygen atoms in total. The van der Waals surface area contributed by atoms with Crippen molar-refractivity contribution in [3.63, 3.8) is 0 Å². The van der Waals surface area contributed by atoms with Gasteiger partial charge < -0.3 is 15.2 Å². The van der Waals surface area contributed by atoms with E-state index in [4.69, 9.17) is 0 Å². The summed E-state index contributed by atoms with van der Waals surface area (Å²) in [6.45, 7) is 3.46. The maximum Gasteiger partial charge on any atom is 0.226 e. The van der Waals surface area contributed by atoms with Crippen molar-refractivity contribution in [3.8, 4) is 0 Å². The zero-order valence-electron chi connectivity index (χ0n) is 8.91. The lowest BCUT2D eigenvalue weighted by Crippen LogP contribution is -2.26. The number of carboxylic acid groups (broad SMARTS) is 1. The number of carboxylic acids is 1. The summed E-state index contributed by atoms with van der Waals surface area (Å²) >= 11 is 3.16. The Balaban J connectivity index is 3.04. The molecular formula is C11H11BrNO3-. The van der Waals surface area contributed by atoms with Gasteiger partial charge in [-0.3, -0.25) is 4.79 Å². The summed E-state index contributed by atoms with van der Waals surface area (Å²) in [6.07, 6.45) is 0. The van der Waals surface area contributed by atoms with Gasteiger partial charge >= 0.3 is 0 Å². The van der Waals surface area contributed by atoms with E-state index in [2.05, 4.69) is 21.2 Å². The maximum atomic E-state index is 11.4. The number of amides is 1. The molecule has 0 saturated heterocycles. The van der Waals surface area contributed by atoms with Crippen LogP contribution in [0.4, 0.5) is 5.69 Å². The first-order valence-corrected chi connectivity index (χ1v) is 5.53. The van der Waals surface area contributed by atoms with Crippen molar-refractivity contribution in [1.82, 2.24) is 0 Å². The van der Waals surface area contributed by atoms with Gasteiger partial charge in [0.15, 0.2) is 0 Å². The third-order valence-electron chi connectivity index (χ3n) is 1.98. The topological polar surface area (TPSA) is 69.2 Å². The lowest BCUT2D eigenvalue weighted by Gasteiger charge is -2.13. The van der Waals surface area contributed by atoms with Crippen LogP contribution >= 0.6 is 15.9 Å². The molecule has 0 fully saturated rings. The fourth-order valence-corrected chi connectivity index (χ4v) is 1.43. The predicted octanol–water partition coefficient (Wildman–Crippen LogP) is 1.41. The Hall–Kier alpha value is -1.36. The van der Waals surface area contributed by atoms with Crippen molar-refractivity contribution in [2.45, 2.75) is 13.8 Å². The second kappa shape index (κ2) is 5.12. The summed E-state index contributed by atoms with van der Waals surface area (Å²) in [4.78, 5) is 22.3. The number of nitrogens with one attached hydrogen (secondary N) is 1. The summed E-state index contributed by atoms with van der Waals surface area (Å²) < 4.78 is 0.620. The number of hydrogen-bond donors (Lipinski definition) is 1. The van der Waals surface area contributed by atoms with Crippen LogP contribution in [-0.2, 0) is 4.79 Å². The van der Waals surface area contributed by atoms with Crippen LogP contribution in [0.3, 0.4) is 0 Å². The molecule has 0 aliphatic carbocycles. The normalized spacial score (nSPS) is 10.2. The largest absolute Gasteiger partial charge is 0.545 e. The molecule has 1 aromatic carbocycles. The Labute approximate surface area is 102 Å². The molecule has 16 heavy (non-hydrogen) atoms. The minimum Gasteiger partial charge on any atom is -0.545 e. The lowest BCUT2D eigenvalue weighted by atomic mass is 10.1. The first-order valence-electron chi connectivity index (χ1n) is 4.73. The second-order valence-corrected chi connectivity index (χ2v) is 4.54. The quantitative estimate of drug-likeness (QED) is 0.912. The number of anilines is 1. The van der Waals surface area contributed by atoms with E-state index < -0.39 is 5.97 Å². The van der Waals surface area contributed by atoms with Gasteiger partial charge in [0.1, 0.15) is 0 Å². The zero-order valence-corrected chi connectivity index (χ0v) is 10.5. The Kier molecular flexibility index (Phi) is 4.06. The highest BCUT2D eigenvalue weighted by atomic mass is 79.9. The standard InChI is InChI=1S/C11H12BrNO3/c1-6(2)10(14)13-9-4-3-7(12)5-8(9)11(15)16/h3-6H,1-2H3,(H,13,14)(H,15,16)/p-1. The molecule has 0 aliphatic heterocycles. The highest BCUT2D eigenvalue weighted by molar-refractivity contribution is 9.10. The van der Waals surface area contributed by atoms with Crippen molar-refractivity contribution >= 4 is 33.5 Å². The van der Waals surface area contributed by atoms with E-state index in [-0.39, 0.29) is 23.1 Å². The van der Waals surface area contributed by atoms with Crippen molar-refractivity contribution in [2.75, 3.05) is 5.32 Å². The van der Waals surface area contributed by atoms with Gasteiger partial charge in [-0.15, -0.1) is 0 Å². The Morgan fingerprint density at radius 1 is 1.38 bits per heavy atom. The molecule has 1 N–H and O–H groups in total. The molecule has 0 unspecified atom stereocenters. The van der Waals surface area contributed by atoms with Crippen LogP contribution in [0, 0.1) is 5.92 Å². The minimum absolute atomic E-state index is 0.0385. The summed E-state index contributed by atoms with van der Waals surface area (Å²) in [5.74, 6) is -1.76. The highest BCUT2D eigenvalue weighted by Gasteiger charge is 2.10. The van der Waals surface area contributed by atoms with Crippen LogP contribution < -0.4 is 10.4 Å². The van der Waals surface area contributed by atoms with Gasteiger partial charge in [-0.1, -0.05) is 29.8 Å².